The average molecular weight is 1330 g/mol. The Bertz CT molecular complexity index is 2070. The van der Waals surface area contributed by atoms with Crippen molar-refractivity contribution < 1.29 is 49.3 Å². The fourth-order valence-electron chi connectivity index (χ4n) is 11.5. The van der Waals surface area contributed by atoms with Gasteiger partial charge >= 0.3 is 5.97 Å². The van der Waals surface area contributed by atoms with Gasteiger partial charge in [0.1, 0.15) is 24.4 Å². The van der Waals surface area contributed by atoms with Gasteiger partial charge in [-0.2, -0.15) is 0 Å². The van der Waals surface area contributed by atoms with Crippen molar-refractivity contribution in [3.05, 3.63) is 134 Å². The van der Waals surface area contributed by atoms with E-state index >= 15 is 0 Å². The van der Waals surface area contributed by atoms with Gasteiger partial charge < -0.3 is 45.1 Å². The molecule has 1 aliphatic heterocycles. The Morgan fingerprint density at radius 3 is 1.14 bits per heavy atom. The fraction of sp³-hybridized carbons (Fsp3) is 0.714. The molecule has 1 rings (SSSR count). The quantitative estimate of drug-likeness (QED) is 0.0195. The number of ether oxygens (including phenoxy) is 3. The summed E-state index contributed by atoms with van der Waals surface area (Å²) in [6.07, 6.45) is 89.1. The van der Waals surface area contributed by atoms with E-state index in [9.17, 15) is 35.1 Å². The lowest BCUT2D eigenvalue weighted by Gasteiger charge is -2.41. The second-order valence-electron chi connectivity index (χ2n) is 26.3. The minimum absolute atomic E-state index is 0.113. The monoisotopic (exact) mass is 1330 g/mol. The molecule has 0 bridgehead atoms. The minimum atomic E-state index is -1.62. The third-order valence-corrected chi connectivity index (χ3v) is 17.5. The summed E-state index contributed by atoms with van der Waals surface area (Å²) in [4.78, 5) is 26.8. The average Bonchev–Trinajstić information content (AvgIpc) is 0.823. The van der Waals surface area contributed by atoms with Crippen LogP contribution in [0.5, 0.6) is 0 Å². The first-order valence-corrected chi connectivity index (χ1v) is 39.0. The highest BCUT2D eigenvalue weighted by Gasteiger charge is 2.47. The number of carbonyl (C=O) groups excluding carboxylic acids is 2. The number of unbranched alkanes of at least 4 members (excludes halogenated alkanes) is 32. The van der Waals surface area contributed by atoms with Crippen LogP contribution in [0.3, 0.4) is 0 Å². The zero-order valence-electron chi connectivity index (χ0n) is 60.7. The number of esters is 1. The lowest BCUT2D eigenvalue weighted by atomic mass is 9.99. The smallest absolute Gasteiger partial charge is 0.306 e. The van der Waals surface area contributed by atoms with Gasteiger partial charge in [0.15, 0.2) is 12.4 Å². The Kier molecular flexibility index (Phi) is 65.2. The first-order valence-electron chi connectivity index (χ1n) is 39.0. The van der Waals surface area contributed by atoms with Crippen LogP contribution < -0.4 is 5.32 Å². The zero-order valence-corrected chi connectivity index (χ0v) is 60.7. The SMILES string of the molecule is CC/C=C\C/C=C\C/C=C\C/C=C\C/C=C\CCCCCCCCCCCCCC(=O)OC1C(OCC(NC(=O)C(O)CCCCCCCCCCCC/C=C\C/C=C\C/C=C\C/C=C\C/C=C\CC)C(O)/C=C/CCCCCCCCCCCCC)OC(CO)C(O)C1O. The Labute approximate surface area is 582 Å². The maximum absolute atomic E-state index is 13.5. The van der Waals surface area contributed by atoms with Gasteiger partial charge in [0.2, 0.25) is 5.91 Å². The molecule has 1 amide bonds. The van der Waals surface area contributed by atoms with Gasteiger partial charge in [0.05, 0.1) is 25.4 Å². The maximum atomic E-state index is 13.5. The predicted octanol–water partition coefficient (Wildman–Crippen LogP) is 21.1. The first kappa shape index (κ1) is 88.8. The number of aliphatic hydroxyl groups is 5. The van der Waals surface area contributed by atoms with Crippen molar-refractivity contribution in [2.75, 3.05) is 13.2 Å². The largest absolute Gasteiger partial charge is 0.454 e. The number of aliphatic hydroxyl groups excluding tert-OH is 5. The van der Waals surface area contributed by atoms with Crippen molar-refractivity contribution in [2.24, 2.45) is 0 Å². The third kappa shape index (κ3) is 56.4. The molecule has 1 saturated heterocycles. The molecule has 8 unspecified atom stereocenters. The van der Waals surface area contributed by atoms with Gasteiger partial charge in [-0.25, -0.2) is 0 Å². The molecule has 6 N–H and O–H groups in total. The van der Waals surface area contributed by atoms with E-state index in [1.807, 2.05) is 6.08 Å². The third-order valence-electron chi connectivity index (χ3n) is 17.5. The second kappa shape index (κ2) is 69.7. The number of hydrogen-bond acceptors (Lipinski definition) is 10. The maximum Gasteiger partial charge on any atom is 0.306 e. The zero-order chi connectivity index (χ0) is 68.8. The summed E-state index contributed by atoms with van der Waals surface area (Å²) < 4.78 is 17.7. The summed E-state index contributed by atoms with van der Waals surface area (Å²) in [5, 5.41) is 57.5. The Morgan fingerprint density at radius 2 is 0.758 bits per heavy atom. The Morgan fingerprint density at radius 1 is 0.421 bits per heavy atom. The summed E-state index contributed by atoms with van der Waals surface area (Å²) >= 11 is 0. The summed E-state index contributed by atoms with van der Waals surface area (Å²) in [6, 6.07) is -1.04. The van der Waals surface area contributed by atoms with Crippen molar-refractivity contribution in [1.29, 1.82) is 0 Å². The highest BCUT2D eigenvalue weighted by Crippen LogP contribution is 2.26. The molecular formula is C84H143NO10. The summed E-state index contributed by atoms with van der Waals surface area (Å²) in [5.41, 5.74) is 0. The Balaban J connectivity index is 2.54. The highest BCUT2D eigenvalue weighted by molar-refractivity contribution is 5.80. The van der Waals surface area contributed by atoms with Crippen molar-refractivity contribution in [3.8, 4) is 0 Å². The number of carbonyl (C=O) groups is 2. The molecule has 0 aromatic carbocycles. The molecule has 1 aliphatic rings. The normalized spacial score (nSPS) is 18.5. The molecule has 95 heavy (non-hydrogen) atoms. The van der Waals surface area contributed by atoms with Crippen LogP contribution in [-0.4, -0.2) is 99.6 Å². The second-order valence-corrected chi connectivity index (χ2v) is 26.3. The number of hydrogen-bond donors (Lipinski definition) is 6. The standard InChI is InChI=1S/C84H143NO10/c1-4-7-10-13-16-19-22-25-27-29-31-33-35-37-39-41-43-45-47-49-51-54-57-60-63-66-69-72-79(89)95-82-81(91)80(90)78(73-86)94-84(82)93-74-75(76(87)70-67-64-61-58-55-52-24-21-18-15-12-9-6-3)85-83(92)77(88)71-68-65-62-59-56-53-50-48-46-44-42-40-38-36-34-32-30-28-26-23-20-17-14-11-8-5-2/h7-8,10-11,16-17,19-20,25-28,31-34,37-40,67,70,75-78,80-82,84,86-88,90-91H,4-6,9,12-15,18,21-24,29-30,35-36,41-66,68-69,71-74H2,1-3H3,(H,85,92)/b10-7-,11-8-,19-16-,20-17-,27-25-,28-26-,33-31-,34-32-,39-37-,40-38-,70-67+. The summed E-state index contributed by atoms with van der Waals surface area (Å²) in [7, 11) is 0. The molecule has 0 aromatic rings. The first-order chi connectivity index (χ1) is 46.7. The van der Waals surface area contributed by atoms with Crippen LogP contribution in [0, 0.1) is 0 Å². The number of allylic oxidation sites excluding steroid dienone is 21. The van der Waals surface area contributed by atoms with Gasteiger partial charge in [-0.15, -0.1) is 0 Å². The lowest BCUT2D eigenvalue weighted by Crippen LogP contribution is -2.61. The fourth-order valence-corrected chi connectivity index (χ4v) is 11.5. The Hall–Kier alpha value is -4.20. The van der Waals surface area contributed by atoms with E-state index in [0.717, 1.165) is 135 Å². The molecule has 0 radical (unpaired) electrons. The molecule has 11 nitrogen and oxygen atoms in total. The molecular weight excluding hydrogens is 1180 g/mol. The van der Waals surface area contributed by atoms with Crippen LogP contribution in [0.4, 0.5) is 0 Å². The van der Waals surface area contributed by atoms with Crippen LogP contribution in [-0.2, 0) is 23.8 Å². The van der Waals surface area contributed by atoms with E-state index in [0.29, 0.717) is 12.8 Å². The van der Waals surface area contributed by atoms with E-state index in [1.54, 1.807) is 6.08 Å². The van der Waals surface area contributed by atoms with Crippen molar-refractivity contribution in [1.82, 2.24) is 5.32 Å². The summed E-state index contributed by atoms with van der Waals surface area (Å²) in [5.74, 6) is -1.20. The van der Waals surface area contributed by atoms with Gasteiger partial charge in [0, 0.05) is 6.42 Å². The van der Waals surface area contributed by atoms with E-state index in [4.69, 9.17) is 14.2 Å². The molecule has 1 heterocycles. The molecule has 1 fully saturated rings. The van der Waals surface area contributed by atoms with E-state index < -0.39 is 67.4 Å². The topological polar surface area (TPSA) is 175 Å². The number of rotatable bonds is 66. The molecule has 0 aliphatic carbocycles. The molecule has 0 saturated carbocycles. The highest BCUT2D eigenvalue weighted by atomic mass is 16.7. The van der Waals surface area contributed by atoms with Crippen LogP contribution in [0.15, 0.2) is 134 Å². The number of nitrogens with one attached hydrogen (secondary N) is 1. The van der Waals surface area contributed by atoms with Gasteiger partial charge in [-0.3, -0.25) is 9.59 Å². The van der Waals surface area contributed by atoms with E-state index in [1.165, 1.54) is 141 Å². The van der Waals surface area contributed by atoms with Crippen molar-refractivity contribution in [2.45, 2.75) is 372 Å². The van der Waals surface area contributed by atoms with Crippen molar-refractivity contribution >= 4 is 11.9 Å². The van der Waals surface area contributed by atoms with Crippen LogP contribution in [0.25, 0.3) is 0 Å². The molecule has 544 valence electrons. The molecule has 11 heteroatoms. The van der Waals surface area contributed by atoms with Gasteiger partial charge in [-0.1, -0.05) is 334 Å². The molecule has 0 spiro atoms. The molecule has 8 atom stereocenters. The van der Waals surface area contributed by atoms with Gasteiger partial charge in [0.25, 0.3) is 0 Å². The predicted molar refractivity (Wildman–Crippen MR) is 402 cm³/mol. The van der Waals surface area contributed by atoms with Crippen LogP contribution >= 0.6 is 0 Å². The van der Waals surface area contributed by atoms with Gasteiger partial charge in [-0.05, 0) is 116 Å². The van der Waals surface area contributed by atoms with E-state index in [-0.39, 0.29) is 19.4 Å². The number of amides is 1. The van der Waals surface area contributed by atoms with Crippen LogP contribution in [0.2, 0.25) is 0 Å². The molecule has 0 aromatic heterocycles. The van der Waals surface area contributed by atoms with Crippen molar-refractivity contribution in [3.63, 3.8) is 0 Å². The minimum Gasteiger partial charge on any atom is -0.454 e. The van der Waals surface area contributed by atoms with Crippen LogP contribution in [0.1, 0.15) is 323 Å². The lowest BCUT2D eigenvalue weighted by molar-refractivity contribution is -0.305. The summed E-state index contributed by atoms with van der Waals surface area (Å²) in [6.45, 7) is 5.59. The van der Waals surface area contributed by atoms with E-state index in [2.05, 4.69) is 148 Å².